The Bertz CT molecular complexity index is 387. The molecule has 0 amide bonds. The maximum atomic E-state index is 12.0. The summed E-state index contributed by atoms with van der Waals surface area (Å²) in [4.78, 5) is 6.77. The van der Waals surface area contributed by atoms with E-state index < -0.39 is 10.8 Å². The van der Waals surface area contributed by atoms with E-state index in [9.17, 15) is 4.21 Å². The van der Waals surface area contributed by atoms with Crippen LogP contribution in [0.1, 0.15) is 53.4 Å². The van der Waals surface area contributed by atoms with E-state index in [4.69, 9.17) is 0 Å². The van der Waals surface area contributed by atoms with Crippen molar-refractivity contribution in [3.8, 4) is 0 Å². The standard InChI is InChI=1S/C17H36N4OS/c1-6-21(14(3)4)12-11-19-17(18-5)20-15-9-8-10-16(13-15)23(22)7-2/h14-16H,6-13H2,1-5H3,(H2,18,19,20). The number of rotatable bonds is 8. The number of hydrogen-bond acceptors (Lipinski definition) is 3. The Hall–Kier alpha value is -0.620. The minimum atomic E-state index is -0.676. The Morgan fingerprint density at radius 3 is 2.65 bits per heavy atom. The molecule has 1 fully saturated rings. The number of likely N-dealkylation sites (N-methyl/N-ethyl adjacent to an activating group) is 1. The molecule has 0 heterocycles. The maximum absolute atomic E-state index is 12.0. The molecular weight excluding hydrogens is 308 g/mol. The molecule has 23 heavy (non-hydrogen) atoms. The Labute approximate surface area is 145 Å². The summed E-state index contributed by atoms with van der Waals surface area (Å²) in [5, 5.41) is 7.29. The van der Waals surface area contributed by atoms with Crippen molar-refractivity contribution in [1.82, 2.24) is 15.5 Å². The summed E-state index contributed by atoms with van der Waals surface area (Å²) >= 11 is 0. The van der Waals surface area contributed by atoms with Crippen molar-refractivity contribution in [2.45, 2.75) is 70.7 Å². The third kappa shape index (κ3) is 7.21. The molecule has 0 aromatic carbocycles. The van der Waals surface area contributed by atoms with Gasteiger partial charge in [-0.25, -0.2) is 0 Å². The van der Waals surface area contributed by atoms with Gasteiger partial charge in [-0.2, -0.15) is 0 Å². The fourth-order valence-corrected chi connectivity index (χ4v) is 4.59. The summed E-state index contributed by atoms with van der Waals surface area (Å²) in [5.41, 5.74) is 0. The first kappa shape index (κ1) is 20.4. The average Bonchev–Trinajstić information content (AvgIpc) is 2.56. The number of nitrogens with one attached hydrogen (secondary N) is 2. The van der Waals surface area contributed by atoms with Crippen molar-refractivity contribution in [3.05, 3.63) is 0 Å². The fourth-order valence-electron chi connectivity index (χ4n) is 3.24. The molecule has 1 saturated carbocycles. The number of aliphatic imine (C=N–C) groups is 1. The van der Waals surface area contributed by atoms with E-state index in [2.05, 4.69) is 41.3 Å². The van der Waals surface area contributed by atoms with Gasteiger partial charge in [-0.15, -0.1) is 0 Å². The molecule has 3 unspecified atom stereocenters. The highest BCUT2D eigenvalue weighted by atomic mass is 32.2. The Morgan fingerprint density at radius 2 is 2.09 bits per heavy atom. The van der Waals surface area contributed by atoms with Gasteiger partial charge in [0.15, 0.2) is 5.96 Å². The molecular formula is C17H36N4OS. The predicted molar refractivity (Wildman–Crippen MR) is 102 cm³/mol. The van der Waals surface area contributed by atoms with Crippen LogP contribution in [0.2, 0.25) is 0 Å². The molecule has 0 saturated heterocycles. The Morgan fingerprint density at radius 1 is 1.35 bits per heavy atom. The van der Waals surface area contributed by atoms with E-state index in [1.54, 1.807) is 0 Å². The number of nitrogens with zero attached hydrogens (tertiary/aromatic N) is 2. The molecule has 1 aliphatic rings. The largest absolute Gasteiger partial charge is 0.355 e. The molecule has 0 spiro atoms. The second kappa shape index (κ2) is 11.0. The molecule has 3 atom stereocenters. The first-order valence-corrected chi connectivity index (χ1v) is 10.5. The third-order valence-corrected chi connectivity index (χ3v) is 6.42. The van der Waals surface area contributed by atoms with Crippen LogP contribution in [0.5, 0.6) is 0 Å². The zero-order chi connectivity index (χ0) is 17.2. The van der Waals surface area contributed by atoms with Crippen molar-refractivity contribution >= 4 is 16.8 Å². The summed E-state index contributed by atoms with van der Waals surface area (Å²) in [6.07, 6.45) is 4.39. The van der Waals surface area contributed by atoms with E-state index in [1.807, 2.05) is 14.0 Å². The van der Waals surface area contributed by atoms with E-state index in [-0.39, 0.29) is 0 Å². The minimum absolute atomic E-state index is 0.348. The van der Waals surface area contributed by atoms with E-state index >= 15 is 0 Å². The van der Waals surface area contributed by atoms with Crippen LogP contribution in [-0.2, 0) is 10.8 Å². The van der Waals surface area contributed by atoms with Crippen LogP contribution in [0.25, 0.3) is 0 Å². The van der Waals surface area contributed by atoms with Crippen LogP contribution in [0.15, 0.2) is 4.99 Å². The lowest BCUT2D eigenvalue weighted by Crippen LogP contribution is -2.48. The van der Waals surface area contributed by atoms with Gasteiger partial charge in [0.25, 0.3) is 0 Å². The van der Waals surface area contributed by atoms with Gasteiger partial charge >= 0.3 is 0 Å². The number of hydrogen-bond donors (Lipinski definition) is 2. The van der Waals surface area contributed by atoms with Gasteiger partial charge in [-0.1, -0.05) is 20.3 Å². The highest BCUT2D eigenvalue weighted by molar-refractivity contribution is 7.85. The van der Waals surface area contributed by atoms with Gasteiger partial charge in [-0.05, 0) is 39.7 Å². The van der Waals surface area contributed by atoms with Crippen LogP contribution < -0.4 is 10.6 Å². The predicted octanol–water partition coefficient (Wildman–Crippen LogP) is 1.96. The summed E-state index contributed by atoms with van der Waals surface area (Å²) in [6, 6.07) is 0.961. The van der Waals surface area contributed by atoms with Crippen LogP contribution in [0.3, 0.4) is 0 Å². The zero-order valence-electron chi connectivity index (χ0n) is 15.6. The van der Waals surface area contributed by atoms with Crippen molar-refractivity contribution < 1.29 is 4.21 Å². The quantitative estimate of drug-likeness (QED) is 0.522. The molecule has 2 N–H and O–H groups in total. The molecule has 6 heteroatoms. The summed E-state index contributed by atoms with van der Waals surface area (Å²) in [6.45, 7) is 11.6. The maximum Gasteiger partial charge on any atom is 0.191 e. The van der Waals surface area contributed by atoms with E-state index in [1.165, 1.54) is 0 Å². The van der Waals surface area contributed by atoms with E-state index in [0.29, 0.717) is 17.3 Å². The van der Waals surface area contributed by atoms with Gasteiger partial charge in [0.1, 0.15) is 0 Å². The molecule has 0 aliphatic heterocycles. The first-order chi connectivity index (χ1) is 11.0. The summed E-state index contributed by atoms with van der Waals surface area (Å²) in [5.74, 6) is 1.64. The van der Waals surface area contributed by atoms with Gasteiger partial charge in [0.05, 0.1) is 0 Å². The molecule has 5 nitrogen and oxygen atoms in total. The second-order valence-electron chi connectivity index (χ2n) is 6.52. The molecule has 1 rings (SSSR count). The Balaban J connectivity index is 2.39. The molecule has 1 aliphatic carbocycles. The molecule has 0 aromatic rings. The summed E-state index contributed by atoms with van der Waals surface area (Å²) in [7, 11) is 1.14. The first-order valence-electron chi connectivity index (χ1n) is 9.10. The van der Waals surface area contributed by atoms with Crippen molar-refractivity contribution in [2.75, 3.05) is 32.4 Å². The van der Waals surface area contributed by atoms with Gasteiger partial charge in [0.2, 0.25) is 0 Å². The fraction of sp³-hybridized carbons (Fsp3) is 0.941. The topological polar surface area (TPSA) is 56.7 Å². The van der Waals surface area contributed by atoms with E-state index in [0.717, 1.165) is 57.0 Å². The SMILES string of the molecule is CCN(CCNC(=NC)NC1CCCC(S(=O)CC)C1)C(C)C. The lowest BCUT2D eigenvalue weighted by Gasteiger charge is -2.30. The second-order valence-corrected chi connectivity index (χ2v) is 8.53. The minimum Gasteiger partial charge on any atom is -0.355 e. The number of guanidine groups is 1. The van der Waals surface area contributed by atoms with Crippen molar-refractivity contribution in [2.24, 2.45) is 4.99 Å². The van der Waals surface area contributed by atoms with Crippen molar-refractivity contribution in [1.29, 1.82) is 0 Å². The average molecular weight is 345 g/mol. The highest BCUT2D eigenvalue weighted by Crippen LogP contribution is 2.22. The molecule has 0 bridgehead atoms. The Kier molecular flexibility index (Phi) is 9.79. The normalized spacial score (nSPS) is 24.0. The van der Waals surface area contributed by atoms with Crippen LogP contribution in [0.4, 0.5) is 0 Å². The van der Waals surface area contributed by atoms with Crippen LogP contribution >= 0.6 is 0 Å². The lowest BCUT2D eigenvalue weighted by molar-refractivity contribution is 0.237. The van der Waals surface area contributed by atoms with Gasteiger partial charge < -0.3 is 10.6 Å². The highest BCUT2D eigenvalue weighted by Gasteiger charge is 2.26. The van der Waals surface area contributed by atoms with Crippen LogP contribution in [-0.4, -0.2) is 64.8 Å². The summed E-state index contributed by atoms with van der Waals surface area (Å²) < 4.78 is 12.0. The molecule has 0 aromatic heterocycles. The van der Waals surface area contributed by atoms with Gasteiger partial charge in [0, 0.05) is 54.0 Å². The van der Waals surface area contributed by atoms with Crippen molar-refractivity contribution in [3.63, 3.8) is 0 Å². The van der Waals surface area contributed by atoms with Crippen LogP contribution in [0, 0.1) is 0 Å². The lowest BCUT2D eigenvalue weighted by atomic mass is 9.95. The smallest absolute Gasteiger partial charge is 0.191 e. The zero-order valence-corrected chi connectivity index (χ0v) is 16.4. The molecule has 0 radical (unpaired) electrons. The monoisotopic (exact) mass is 344 g/mol. The van der Waals surface area contributed by atoms with Gasteiger partial charge in [-0.3, -0.25) is 14.1 Å². The molecule has 136 valence electrons. The third-order valence-electron chi connectivity index (χ3n) is 4.67.